The Balaban J connectivity index is 0.00000132. The minimum Gasteiger partial charge on any atom is -0.370 e. The molecule has 1 amide bonds. The number of halogens is 3. The molecule has 1 unspecified atom stereocenters. The van der Waals surface area contributed by atoms with Crippen molar-refractivity contribution in [3.05, 3.63) is 24.0 Å². The number of nitrogens with zero attached hydrogens (tertiary/aromatic N) is 1. The fourth-order valence-corrected chi connectivity index (χ4v) is 3.20. The van der Waals surface area contributed by atoms with Crippen LogP contribution >= 0.6 is 24.8 Å². The van der Waals surface area contributed by atoms with E-state index >= 15 is 0 Å². The van der Waals surface area contributed by atoms with Gasteiger partial charge in [-0.15, -0.1) is 24.8 Å². The molecule has 4 nitrogen and oxygen atoms in total. The summed E-state index contributed by atoms with van der Waals surface area (Å²) in [5.41, 5.74) is 1.14. The van der Waals surface area contributed by atoms with Gasteiger partial charge in [0.25, 0.3) is 0 Å². The topological polar surface area (TPSA) is 44.4 Å². The molecule has 2 aliphatic heterocycles. The molecule has 2 aliphatic rings. The third-order valence-corrected chi connectivity index (χ3v) is 4.30. The number of hydrogen-bond donors (Lipinski definition) is 2. The van der Waals surface area contributed by atoms with Crippen LogP contribution in [0.5, 0.6) is 0 Å². The summed E-state index contributed by atoms with van der Waals surface area (Å²) in [7, 11) is 0. The second-order valence-electron chi connectivity index (χ2n) is 5.87. The van der Waals surface area contributed by atoms with Gasteiger partial charge >= 0.3 is 0 Å². The van der Waals surface area contributed by atoms with E-state index in [9.17, 15) is 9.18 Å². The van der Waals surface area contributed by atoms with E-state index in [-0.39, 0.29) is 42.6 Å². The molecule has 0 bridgehead atoms. The maximum Gasteiger partial charge on any atom is 0.226 e. The molecule has 0 aromatic heterocycles. The Morgan fingerprint density at radius 1 is 1.26 bits per heavy atom. The first-order valence-corrected chi connectivity index (χ1v) is 7.81. The lowest BCUT2D eigenvalue weighted by molar-refractivity contribution is -0.116. The van der Waals surface area contributed by atoms with Crippen LogP contribution in [0.4, 0.5) is 15.8 Å². The van der Waals surface area contributed by atoms with Crippen molar-refractivity contribution in [2.24, 2.45) is 0 Å². The number of anilines is 2. The highest BCUT2D eigenvalue weighted by atomic mass is 35.5. The minimum atomic E-state index is -0.355. The van der Waals surface area contributed by atoms with Crippen LogP contribution in [0.3, 0.4) is 0 Å². The third-order valence-electron chi connectivity index (χ3n) is 4.30. The molecule has 1 aromatic carbocycles. The van der Waals surface area contributed by atoms with Gasteiger partial charge in [0.2, 0.25) is 5.91 Å². The van der Waals surface area contributed by atoms with Gasteiger partial charge in [0.1, 0.15) is 11.5 Å². The summed E-state index contributed by atoms with van der Waals surface area (Å²) < 4.78 is 14.1. The first kappa shape index (κ1) is 20.0. The van der Waals surface area contributed by atoms with Crippen LogP contribution in [-0.4, -0.2) is 31.6 Å². The maximum atomic E-state index is 14.1. The molecule has 2 fully saturated rings. The number of nitrogens with one attached hydrogen (secondary N) is 2. The van der Waals surface area contributed by atoms with E-state index in [1.807, 2.05) is 6.07 Å². The van der Waals surface area contributed by atoms with E-state index in [1.165, 1.54) is 6.07 Å². The van der Waals surface area contributed by atoms with Crippen LogP contribution in [-0.2, 0) is 4.79 Å². The Morgan fingerprint density at radius 3 is 2.65 bits per heavy atom. The molecule has 0 radical (unpaired) electrons. The Morgan fingerprint density at radius 2 is 2.00 bits per heavy atom. The van der Waals surface area contributed by atoms with Gasteiger partial charge in [0.15, 0.2) is 0 Å². The van der Waals surface area contributed by atoms with Crippen LogP contribution < -0.4 is 15.5 Å². The molecule has 0 spiro atoms. The Hall–Kier alpha value is -1.04. The average molecular weight is 364 g/mol. The van der Waals surface area contributed by atoms with Crippen LogP contribution in [0.2, 0.25) is 0 Å². The van der Waals surface area contributed by atoms with E-state index in [4.69, 9.17) is 0 Å². The zero-order valence-electron chi connectivity index (χ0n) is 13.0. The van der Waals surface area contributed by atoms with Crippen LogP contribution in [0, 0.1) is 5.82 Å². The first-order valence-electron chi connectivity index (χ1n) is 7.81. The van der Waals surface area contributed by atoms with Gasteiger partial charge in [0, 0.05) is 25.6 Å². The van der Waals surface area contributed by atoms with Gasteiger partial charge in [-0.1, -0.05) is 6.07 Å². The smallest absolute Gasteiger partial charge is 0.226 e. The molecule has 23 heavy (non-hydrogen) atoms. The molecular weight excluding hydrogens is 340 g/mol. The molecule has 2 heterocycles. The Labute approximate surface area is 149 Å². The predicted molar refractivity (Wildman–Crippen MR) is 96.6 cm³/mol. The fraction of sp³-hybridized carbons (Fsp3) is 0.562. The number of rotatable bonds is 4. The molecule has 1 atom stereocenters. The molecule has 3 rings (SSSR count). The van der Waals surface area contributed by atoms with Crippen LogP contribution in [0.15, 0.2) is 18.2 Å². The molecule has 1 aromatic rings. The van der Waals surface area contributed by atoms with Crippen molar-refractivity contribution in [1.29, 1.82) is 0 Å². The third kappa shape index (κ3) is 4.96. The van der Waals surface area contributed by atoms with Crippen molar-refractivity contribution in [2.75, 3.05) is 29.9 Å². The second-order valence-corrected chi connectivity index (χ2v) is 5.87. The van der Waals surface area contributed by atoms with Gasteiger partial charge in [-0.05, 0) is 44.4 Å². The van der Waals surface area contributed by atoms with E-state index in [0.29, 0.717) is 12.1 Å². The number of benzene rings is 1. The van der Waals surface area contributed by atoms with Crippen molar-refractivity contribution in [3.8, 4) is 0 Å². The van der Waals surface area contributed by atoms with Crippen molar-refractivity contribution in [1.82, 2.24) is 5.32 Å². The normalized spacial score (nSPS) is 19.9. The lowest BCUT2D eigenvalue weighted by Gasteiger charge is -2.22. The monoisotopic (exact) mass is 363 g/mol. The highest BCUT2D eigenvalue weighted by Crippen LogP contribution is 2.31. The van der Waals surface area contributed by atoms with E-state index in [2.05, 4.69) is 15.5 Å². The quantitative estimate of drug-likeness (QED) is 0.861. The lowest BCUT2D eigenvalue weighted by atomic mass is 10.1. The van der Waals surface area contributed by atoms with Crippen molar-refractivity contribution in [2.45, 2.75) is 38.1 Å². The molecule has 2 N–H and O–H groups in total. The molecule has 0 saturated carbocycles. The molecule has 0 aliphatic carbocycles. The van der Waals surface area contributed by atoms with Gasteiger partial charge in [0.05, 0.1) is 5.69 Å². The van der Waals surface area contributed by atoms with E-state index < -0.39 is 0 Å². The first-order chi connectivity index (χ1) is 10.2. The highest BCUT2D eigenvalue weighted by Gasteiger charge is 2.22. The van der Waals surface area contributed by atoms with Gasteiger partial charge < -0.3 is 15.5 Å². The second kappa shape index (κ2) is 9.30. The van der Waals surface area contributed by atoms with Gasteiger partial charge in [-0.2, -0.15) is 0 Å². The molecule has 130 valence electrons. The van der Waals surface area contributed by atoms with Crippen molar-refractivity contribution < 1.29 is 9.18 Å². The van der Waals surface area contributed by atoms with Crippen LogP contribution in [0.25, 0.3) is 0 Å². The van der Waals surface area contributed by atoms with Crippen molar-refractivity contribution in [3.63, 3.8) is 0 Å². The summed E-state index contributed by atoms with van der Waals surface area (Å²) in [5.74, 6) is -0.466. The zero-order chi connectivity index (χ0) is 14.7. The zero-order valence-corrected chi connectivity index (χ0v) is 14.6. The standard InChI is InChI=1S/C16H22FN3O.2ClH/c17-13-6-3-7-14(20-9-1-2-10-20)16(13)19-15(21)11-12-5-4-8-18-12;;/h3,6-7,12,18H,1-2,4-5,8-11H2,(H,19,21);2*1H. The van der Waals surface area contributed by atoms with E-state index in [1.54, 1.807) is 6.07 Å². The summed E-state index contributed by atoms with van der Waals surface area (Å²) in [4.78, 5) is 14.3. The summed E-state index contributed by atoms with van der Waals surface area (Å²) in [6, 6.07) is 5.23. The van der Waals surface area contributed by atoms with Gasteiger partial charge in [-0.25, -0.2) is 4.39 Å². The van der Waals surface area contributed by atoms with Crippen molar-refractivity contribution >= 4 is 42.1 Å². The maximum absolute atomic E-state index is 14.1. The summed E-state index contributed by atoms with van der Waals surface area (Å²) in [5, 5.41) is 6.08. The minimum absolute atomic E-state index is 0. The average Bonchev–Trinajstić information content (AvgIpc) is 3.13. The highest BCUT2D eigenvalue weighted by molar-refractivity contribution is 5.95. The summed E-state index contributed by atoms with van der Waals surface area (Å²) >= 11 is 0. The molecule has 7 heteroatoms. The SMILES string of the molecule is Cl.Cl.O=C(CC1CCCN1)Nc1c(F)cccc1N1CCCC1. The van der Waals surface area contributed by atoms with E-state index in [0.717, 1.165) is 51.0 Å². The summed E-state index contributed by atoms with van der Waals surface area (Å²) in [6.45, 7) is 2.82. The molecular formula is C16H24Cl2FN3O. The number of amides is 1. The number of carbonyl (C=O) groups is 1. The lowest BCUT2D eigenvalue weighted by Crippen LogP contribution is -2.28. The van der Waals surface area contributed by atoms with Gasteiger partial charge in [-0.3, -0.25) is 4.79 Å². The summed E-state index contributed by atoms with van der Waals surface area (Å²) in [6.07, 6.45) is 4.78. The number of carbonyl (C=O) groups excluding carboxylic acids is 1. The number of para-hydroxylation sites is 1. The Bertz CT molecular complexity index is 518. The Kier molecular flexibility index (Phi) is 8.09. The number of hydrogen-bond acceptors (Lipinski definition) is 3. The molecule has 2 saturated heterocycles. The largest absolute Gasteiger partial charge is 0.370 e. The van der Waals surface area contributed by atoms with Crippen LogP contribution in [0.1, 0.15) is 32.1 Å². The fourth-order valence-electron chi connectivity index (χ4n) is 3.20. The predicted octanol–water partition coefficient (Wildman–Crippen LogP) is 3.35.